The van der Waals surface area contributed by atoms with Gasteiger partial charge < -0.3 is 5.73 Å². The minimum atomic E-state index is -0.435. The molecule has 3 aromatic carbocycles. The number of pyridine rings is 1. The molecule has 0 saturated carbocycles. The van der Waals surface area contributed by atoms with Gasteiger partial charge in [-0.2, -0.15) is 0 Å². The molecule has 4 nitrogen and oxygen atoms in total. The SMILES string of the molecule is Nc1nc(-c2ccc(-c3ccccc3)cc2F)c2nc(-c3ccc(F)cc3)ccc2n1. The molecule has 0 fully saturated rings. The highest BCUT2D eigenvalue weighted by Crippen LogP contribution is 2.32. The molecule has 0 aliphatic carbocycles. The highest BCUT2D eigenvalue weighted by atomic mass is 19.1. The van der Waals surface area contributed by atoms with Crippen molar-refractivity contribution in [3.63, 3.8) is 0 Å². The van der Waals surface area contributed by atoms with Crippen LogP contribution in [0.5, 0.6) is 0 Å². The second-order valence-corrected chi connectivity index (χ2v) is 7.06. The van der Waals surface area contributed by atoms with Gasteiger partial charge in [0.2, 0.25) is 5.95 Å². The van der Waals surface area contributed by atoms with E-state index in [1.165, 1.54) is 18.2 Å². The minimum Gasteiger partial charge on any atom is -0.368 e. The normalized spacial score (nSPS) is 11.0. The summed E-state index contributed by atoms with van der Waals surface area (Å²) >= 11 is 0. The van der Waals surface area contributed by atoms with E-state index in [9.17, 15) is 4.39 Å². The van der Waals surface area contributed by atoms with Gasteiger partial charge in [0.15, 0.2) is 0 Å². The van der Waals surface area contributed by atoms with Crippen LogP contribution in [0.25, 0.3) is 44.7 Å². The third-order valence-corrected chi connectivity index (χ3v) is 5.03. The summed E-state index contributed by atoms with van der Waals surface area (Å²) in [4.78, 5) is 13.2. The fourth-order valence-electron chi connectivity index (χ4n) is 3.52. The van der Waals surface area contributed by atoms with E-state index in [4.69, 9.17) is 5.73 Å². The van der Waals surface area contributed by atoms with E-state index in [1.54, 1.807) is 30.3 Å². The molecule has 0 saturated heterocycles. The molecule has 2 N–H and O–H groups in total. The van der Waals surface area contributed by atoms with Gasteiger partial charge in [-0.25, -0.2) is 23.7 Å². The summed E-state index contributed by atoms with van der Waals surface area (Å²) in [6, 6.07) is 24.0. The van der Waals surface area contributed by atoms with Gasteiger partial charge in [0.25, 0.3) is 0 Å². The lowest BCUT2D eigenvalue weighted by molar-refractivity contribution is 0.628. The van der Waals surface area contributed by atoms with Crippen LogP contribution in [0.2, 0.25) is 0 Å². The second kappa shape index (κ2) is 7.57. The lowest BCUT2D eigenvalue weighted by Crippen LogP contribution is -2.01. The van der Waals surface area contributed by atoms with Crippen molar-refractivity contribution in [1.29, 1.82) is 0 Å². The van der Waals surface area contributed by atoms with Gasteiger partial charge in [-0.05, 0) is 59.7 Å². The van der Waals surface area contributed by atoms with Crippen molar-refractivity contribution in [2.75, 3.05) is 5.73 Å². The fourth-order valence-corrected chi connectivity index (χ4v) is 3.52. The first-order chi connectivity index (χ1) is 15.1. The number of aromatic nitrogens is 3. The average Bonchev–Trinajstić information content (AvgIpc) is 2.79. The lowest BCUT2D eigenvalue weighted by Gasteiger charge is -2.10. The monoisotopic (exact) mass is 410 g/mol. The molecule has 150 valence electrons. The molecule has 0 unspecified atom stereocenters. The second-order valence-electron chi connectivity index (χ2n) is 7.06. The van der Waals surface area contributed by atoms with E-state index in [0.29, 0.717) is 22.4 Å². The lowest BCUT2D eigenvalue weighted by atomic mass is 10.0. The van der Waals surface area contributed by atoms with E-state index in [2.05, 4.69) is 15.0 Å². The van der Waals surface area contributed by atoms with Crippen molar-refractivity contribution in [3.8, 4) is 33.6 Å². The van der Waals surface area contributed by atoms with Crippen LogP contribution in [0.1, 0.15) is 0 Å². The Labute approximate surface area is 177 Å². The maximum absolute atomic E-state index is 15.2. The van der Waals surface area contributed by atoms with Crippen LogP contribution in [0.4, 0.5) is 14.7 Å². The van der Waals surface area contributed by atoms with E-state index < -0.39 is 5.82 Å². The number of nitrogens with two attached hydrogens (primary N) is 1. The molecule has 0 aliphatic heterocycles. The maximum atomic E-state index is 15.2. The van der Waals surface area contributed by atoms with Crippen LogP contribution in [-0.4, -0.2) is 15.0 Å². The molecule has 5 aromatic rings. The Hall–Kier alpha value is -4.19. The van der Waals surface area contributed by atoms with Crippen LogP contribution in [-0.2, 0) is 0 Å². The Morgan fingerprint density at radius 2 is 1.39 bits per heavy atom. The van der Waals surface area contributed by atoms with Gasteiger partial charge >= 0.3 is 0 Å². The molecule has 0 atom stereocenters. The third kappa shape index (κ3) is 3.59. The average molecular weight is 410 g/mol. The van der Waals surface area contributed by atoms with Crippen molar-refractivity contribution < 1.29 is 8.78 Å². The van der Waals surface area contributed by atoms with Gasteiger partial charge in [-0.15, -0.1) is 0 Å². The van der Waals surface area contributed by atoms with Crippen LogP contribution in [0.15, 0.2) is 84.9 Å². The zero-order valence-corrected chi connectivity index (χ0v) is 16.3. The first-order valence-electron chi connectivity index (χ1n) is 9.64. The minimum absolute atomic E-state index is 0.0327. The molecule has 0 aliphatic rings. The van der Waals surface area contributed by atoms with Crippen LogP contribution >= 0.6 is 0 Å². The number of fused-ring (bicyclic) bond motifs is 1. The summed E-state index contributed by atoms with van der Waals surface area (Å²) in [5, 5.41) is 0. The quantitative estimate of drug-likeness (QED) is 0.403. The van der Waals surface area contributed by atoms with Crippen LogP contribution in [0.3, 0.4) is 0 Å². The number of rotatable bonds is 3. The summed E-state index contributed by atoms with van der Waals surface area (Å²) in [7, 11) is 0. The molecular formula is C25H16F2N4. The zero-order valence-electron chi connectivity index (χ0n) is 16.3. The number of nitrogens with zero attached hydrogens (tertiary/aromatic N) is 3. The highest BCUT2D eigenvalue weighted by Gasteiger charge is 2.16. The smallest absolute Gasteiger partial charge is 0.221 e. The van der Waals surface area contributed by atoms with E-state index in [0.717, 1.165) is 16.7 Å². The van der Waals surface area contributed by atoms with Crippen molar-refractivity contribution in [2.24, 2.45) is 0 Å². The molecular weight excluding hydrogens is 394 g/mol. The number of benzene rings is 3. The predicted molar refractivity (Wildman–Crippen MR) is 118 cm³/mol. The Bertz CT molecular complexity index is 1400. The van der Waals surface area contributed by atoms with E-state index in [-0.39, 0.29) is 17.3 Å². The molecule has 0 bridgehead atoms. The first kappa shape index (κ1) is 18.8. The number of nitrogen functional groups attached to an aromatic ring is 1. The van der Waals surface area contributed by atoms with E-state index in [1.807, 2.05) is 36.4 Å². The molecule has 31 heavy (non-hydrogen) atoms. The topological polar surface area (TPSA) is 64.7 Å². The molecule has 0 amide bonds. The van der Waals surface area contributed by atoms with Gasteiger partial charge in [-0.3, -0.25) is 0 Å². The van der Waals surface area contributed by atoms with Crippen molar-refractivity contribution >= 4 is 17.0 Å². The summed E-state index contributed by atoms with van der Waals surface area (Å²) in [5.74, 6) is -0.734. The van der Waals surface area contributed by atoms with Crippen molar-refractivity contribution in [3.05, 3.63) is 96.6 Å². The zero-order chi connectivity index (χ0) is 21.4. The van der Waals surface area contributed by atoms with Crippen LogP contribution in [0, 0.1) is 11.6 Å². The highest BCUT2D eigenvalue weighted by molar-refractivity contribution is 5.91. The summed E-state index contributed by atoms with van der Waals surface area (Å²) in [5.41, 5.74) is 10.4. The van der Waals surface area contributed by atoms with Gasteiger partial charge in [-0.1, -0.05) is 36.4 Å². The fraction of sp³-hybridized carbons (Fsp3) is 0. The first-order valence-corrected chi connectivity index (χ1v) is 9.64. The van der Waals surface area contributed by atoms with E-state index >= 15 is 4.39 Å². The molecule has 5 rings (SSSR count). The largest absolute Gasteiger partial charge is 0.368 e. The molecule has 2 heterocycles. The molecule has 0 spiro atoms. The summed E-state index contributed by atoms with van der Waals surface area (Å²) in [6.45, 7) is 0. The summed E-state index contributed by atoms with van der Waals surface area (Å²) in [6.07, 6.45) is 0. The Morgan fingerprint density at radius 1 is 0.645 bits per heavy atom. The molecule has 6 heteroatoms. The number of halogens is 2. The Kier molecular flexibility index (Phi) is 4.59. The third-order valence-electron chi connectivity index (χ3n) is 5.03. The van der Waals surface area contributed by atoms with Crippen molar-refractivity contribution in [2.45, 2.75) is 0 Å². The molecule has 2 aromatic heterocycles. The van der Waals surface area contributed by atoms with Crippen LogP contribution < -0.4 is 5.73 Å². The molecule has 0 radical (unpaired) electrons. The number of hydrogen-bond donors (Lipinski definition) is 1. The number of anilines is 1. The predicted octanol–water partition coefficient (Wildman–Crippen LogP) is 5.89. The maximum Gasteiger partial charge on any atom is 0.221 e. The van der Waals surface area contributed by atoms with Gasteiger partial charge in [0.1, 0.15) is 22.8 Å². The standard InChI is InChI=1S/C25H16F2N4/c26-18-9-6-16(7-10-18)21-12-13-22-24(29-21)23(31-25(28)30-22)19-11-8-17(14-20(19)27)15-4-2-1-3-5-15/h1-14H,(H2,28,30,31). The Balaban J connectivity index is 1.67. The Morgan fingerprint density at radius 3 is 2.13 bits per heavy atom. The van der Waals surface area contributed by atoms with Gasteiger partial charge in [0.05, 0.1) is 11.2 Å². The van der Waals surface area contributed by atoms with Gasteiger partial charge in [0, 0.05) is 11.1 Å². The van der Waals surface area contributed by atoms with Crippen molar-refractivity contribution in [1.82, 2.24) is 15.0 Å². The summed E-state index contributed by atoms with van der Waals surface area (Å²) < 4.78 is 28.5. The number of hydrogen-bond acceptors (Lipinski definition) is 4.